The lowest BCUT2D eigenvalue weighted by Crippen LogP contribution is -2.11. The zero-order valence-electron chi connectivity index (χ0n) is 29.8. The minimum atomic E-state index is 0.890. The molecule has 0 aliphatic heterocycles. The van der Waals surface area contributed by atoms with Gasteiger partial charge in [-0.2, -0.15) is 0 Å². The molecule has 3 nitrogen and oxygen atoms in total. The monoisotopic (exact) mass is 703 g/mol. The highest BCUT2D eigenvalue weighted by Crippen LogP contribution is 2.43. The van der Waals surface area contributed by atoms with Gasteiger partial charge in [-0.05, 0) is 111 Å². The van der Waals surface area contributed by atoms with Gasteiger partial charge in [-0.1, -0.05) is 127 Å². The third-order valence-corrected chi connectivity index (χ3v) is 10.9. The van der Waals surface area contributed by atoms with Crippen LogP contribution in [-0.4, -0.2) is 0 Å². The van der Waals surface area contributed by atoms with Gasteiger partial charge >= 0.3 is 0 Å². The van der Waals surface area contributed by atoms with E-state index >= 15 is 0 Å². The smallest absolute Gasteiger partial charge is 0.135 e. The summed E-state index contributed by atoms with van der Waals surface area (Å²) in [7, 11) is 0. The topological polar surface area (TPSA) is 29.5 Å². The van der Waals surface area contributed by atoms with Gasteiger partial charge in [0.05, 0.1) is 5.69 Å². The summed E-state index contributed by atoms with van der Waals surface area (Å²) in [5.41, 5.74) is 13.8. The molecular formula is C52H33NO2. The fraction of sp³-hybridized carbons (Fsp3) is 0. The first-order valence-electron chi connectivity index (χ1n) is 18.7. The van der Waals surface area contributed by atoms with E-state index in [-0.39, 0.29) is 0 Å². The molecule has 11 rings (SSSR count). The summed E-state index contributed by atoms with van der Waals surface area (Å²) < 4.78 is 12.3. The van der Waals surface area contributed by atoms with Crippen LogP contribution in [-0.2, 0) is 0 Å². The van der Waals surface area contributed by atoms with Crippen LogP contribution < -0.4 is 4.90 Å². The first-order chi connectivity index (χ1) is 27.2. The van der Waals surface area contributed by atoms with Gasteiger partial charge < -0.3 is 13.7 Å². The van der Waals surface area contributed by atoms with E-state index in [2.05, 4.69) is 181 Å². The van der Waals surface area contributed by atoms with Crippen LogP contribution in [0.4, 0.5) is 17.1 Å². The second-order valence-corrected chi connectivity index (χ2v) is 14.1. The minimum Gasteiger partial charge on any atom is -0.456 e. The minimum absolute atomic E-state index is 0.890. The number of anilines is 3. The zero-order chi connectivity index (χ0) is 36.3. The maximum Gasteiger partial charge on any atom is 0.135 e. The van der Waals surface area contributed by atoms with Crippen LogP contribution in [0.1, 0.15) is 0 Å². The molecule has 0 unspecified atom stereocenters. The second kappa shape index (κ2) is 12.6. The molecule has 258 valence electrons. The highest BCUT2D eigenvalue weighted by Gasteiger charge is 2.19. The van der Waals surface area contributed by atoms with Crippen molar-refractivity contribution >= 4 is 71.7 Å². The third-order valence-electron chi connectivity index (χ3n) is 10.9. The van der Waals surface area contributed by atoms with Gasteiger partial charge in [0, 0.05) is 38.5 Å². The van der Waals surface area contributed by atoms with E-state index in [0.29, 0.717) is 0 Å². The Hall–Kier alpha value is -7.36. The lowest BCUT2D eigenvalue weighted by molar-refractivity contribution is 0.668. The lowest BCUT2D eigenvalue weighted by atomic mass is 9.98. The highest BCUT2D eigenvalue weighted by molar-refractivity contribution is 6.08. The van der Waals surface area contributed by atoms with Crippen molar-refractivity contribution < 1.29 is 8.83 Å². The summed E-state index contributed by atoms with van der Waals surface area (Å²) in [6.07, 6.45) is 0. The van der Waals surface area contributed by atoms with Crippen molar-refractivity contribution in [1.82, 2.24) is 0 Å². The molecule has 0 amide bonds. The number of benzene rings is 9. The van der Waals surface area contributed by atoms with Gasteiger partial charge in [-0.25, -0.2) is 0 Å². The Morgan fingerprint density at radius 2 is 0.745 bits per heavy atom. The van der Waals surface area contributed by atoms with E-state index in [1.165, 1.54) is 21.9 Å². The molecule has 55 heavy (non-hydrogen) atoms. The number of para-hydroxylation sites is 3. The van der Waals surface area contributed by atoms with Gasteiger partial charge in [0.1, 0.15) is 22.3 Å². The van der Waals surface area contributed by atoms with Crippen LogP contribution in [0, 0.1) is 0 Å². The molecular weight excluding hydrogens is 671 g/mol. The zero-order valence-corrected chi connectivity index (χ0v) is 29.8. The Kier molecular flexibility index (Phi) is 7.17. The fourth-order valence-corrected chi connectivity index (χ4v) is 8.11. The van der Waals surface area contributed by atoms with Crippen LogP contribution in [0.5, 0.6) is 0 Å². The summed E-state index contributed by atoms with van der Waals surface area (Å²) in [5, 5.41) is 6.97. The van der Waals surface area contributed by atoms with Crippen molar-refractivity contribution in [3.63, 3.8) is 0 Å². The molecule has 2 heterocycles. The molecule has 0 fully saturated rings. The predicted octanol–water partition coefficient (Wildman–Crippen LogP) is 15.1. The molecule has 0 saturated heterocycles. The molecule has 0 bridgehead atoms. The molecule has 0 aliphatic carbocycles. The molecule has 0 aliphatic rings. The quantitative estimate of drug-likeness (QED) is 0.173. The van der Waals surface area contributed by atoms with Crippen LogP contribution >= 0.6 is 0 Å². The van der Waals surface area contributed by atoms with Crippen molar-refractivity contribution in [2.45, 2.75) is 0 Å². The number of hydrogen-bond acceptors (Lipinski definition) is 3. The average Bonchev–Trinajstić information content (AvgIpc) is 3.82. The maximum atomic E-state index is 6.20. The van der Waals surface area contributed by atoms with Crippen LogP contribution in [0.15, 0.2) is 209 Å². The van der Waals surface area contributed by atoms with E-state index in [0.717, 1.165) is 83.2 Å². The van der Waals surface area contributed by atoms with Gasteiger partial charge in [0.25, 0.3) is 0 Å². The van der Waals surface area contributed by atoms with E-state index in [1.807, 2.05) is 24.3 Å². The van der Waals surface area contributed by atoms with E-state index in [9.17, 15) is 0 Å². The summed E-state index contributed by atoms with van der Waals surface area (Å²) in [4.78, 5) is 2.37. The summed E-state index contributed by atoms with van der Waals surface area (Å²) in [6, 6.07) is 71.2. The SMILES string of the molecule is c1ccc(N(c2ccc(-c3ccc4ccccc4c3)cc2)c2ccc(-c3ccc4oc5ccccc5c4c3)cc2)c(-c2ccc3oc4ccccc4c3c2)c1. The van der Waals surface area contributed by atoms with Crippen LogP contribution in [0.3, 0.4) is 0 Å². The maximum absolute atomic E-state index is 6.20. The standard InChI is InChI=1S/C52H33NO2/c1-2-10-37-31-38(18-17-34(37)9-1)35-19-25-41(26-20-35)53(42-27-21-36(22-28-42)39-23-29-51-46(32-39)44-12-4-7-15-49(44)54-51)48-14-6-3-11-43(48)40-24-30-52-47(33-40)45-13-5-8-16-50(45)55-52/h1-33H. The summed E-state index contributed by atoms with van der Waals surface area (Å²) in [5.74, 6) is 0. The van der Waals surface area contributed by atoms with Gasteiger partial charge in [-0.3, -0.25) is 0 Å². The number of hydrogen-bond donors (Lipinski definition) is 0. The predicted molar refractivity (Wildman–Crippen MR) is 229 cm³/mol. The van der Waals surface area contributed by atoms with E-state index in [1.54, 1.807) is 0 Å². The first-order valence-corrected chi connectivity index (χ1v) is 18.7. The van der Waals surface area contributed by atoms with Gasteiger partial charge in [0.15, 0.2) is 0 Å². The Morgan fingerprint density at radius 1 is 0.291 bits per heavy atom. The van der Waals surface area contributed by atoms with Crippen molar-refractivity contribution in [2.75, 3.05) is 4.90 Å². The molecule has 0 spiro atoms. The lowest BCUT2D eigenvalue weighted by Gasteiger charge is -2.28. The molecule has 11 aromatic rings. The molecule has 0 atom stereocenters. The third kappa shape index (κ3) is 5.36. The second-order valence-electron chi connectivity index (χ2n) is 14.1. The molecule has 0 radical (unpaired) electrons. The Labute approximate surface area is 317 Å². The van der Waals surface area contributed by atoms with Gasteiger partial charge in [0.2, 0.25) is 0 Å². The molecule has 0 saturated carbocycles. The van der Waals surface area contributed by atoms with E-state index < -0.39 is 0 Å². The largest absolute Gasteiger partial charge is 0.456 e. The van der Waals surface area contributed by atoms with Gasteiger partial charge in [-0.15, -0.1) is 0 Å². The van der Waals surface area contributed by atoms with Crippen molar-refractivity contribution in [1.29, 1.82) is 0 Å². The molecule has 9 aromatic carbocycles. The Bertz CT molecular complexity index is 3200. The van der Waals surface area contributed by atoms with Crippen molar-refractivity contribution in [3.8, 4) is 33.4 Å². The molecule has 0 N–H and O–H groups in total. The number of nitrogens with zero attached hydrogens (tertiary/aromatic N) is 1. The van der Waals surface area contributed by atoms with Crippen molar-refractivity contribution in [3.05, 3.63) is 200 Å². The first kappa shape index (κ1) is 31.2. The molecule has 2 aromatic heterocycles. The van der Waals surface area contributed by atoms with Crippen molar-refractivity contribution in [2.24, 2.45) is 0 Å². The number of furan rings is 2. The normalized spacial score (nSPS) is 11.6. The summed E-state index contributed by atoms with van der Waals surface area (Å²) >= 11 is 0. The number of fused-ring (bicyclic) bond motifs is 7. The summed E-state index contributed by atoms with van der Waals surface area (Å²) in [6.45, 7) is 0. The van der Waals surface area contributed by atoms with Crippen LogP contribution in [0.25, 0.3) is 88.0 Å². The molecule has 3 heteroatoms. The van der Waals surface area contributed by atoms with Crippen LogP contribution in [0.2, 0.25) is 0 Å². The average molecular weight is 704 g/mol. The Morgan fingerprint density at radius 3 is 1.40 bits per heavy atom. The fourth-order valence-electron chi connectivity index (χ4n) is 8.11. The highest BCUT2D eigenvalue weighted by atomic mass is 16.3. The number of rotatable bonds is 6. The van der Waals surface area contributed by atoms with E-state index in [4.69, 9.17) is 8.83 Å². The Balaban J connectivity index is 1.03.